The number of aliphatic hydroxyl groups excluding tert-OH is 2. The van der Waals surface area contributed by atoms with Crippen molar-refractivity contribution in [3.8, 4) is 0 Å². The van der Waals surface area contributed by atoms with Crippen molar-refractivity contribution in [1.29, 1.82) is 0 Å². The van der Waals surface area contributed by atoms with Gasteiger partial charge in [0.1, 0.15) is 0 Å². The molecule has 0 spiro atoms. The highest BCUT2D eigenvalue weighted by Gasteiger charge is 2.08. The molecule has 4 heteroatoms. The van der Waals surface area contributed by atoms with Crippen LogP contribution in [0.4, 0.5) is 0 Å². The van der Waals surface area contributed by atoms with Gasteiger partial charge < -0.3 is 19.7 Å². The SMILES string of the molecule is CC(CO)OCCC(C)OC(C)CO. The van der Waals surface area contributed by atoms with E-state index in [1.807, 2.05) is 20.8 Å². The van der Waals surface area contributed by atoms with E-state index in [9.17, 15) is 0 Å². The third-order valence-corrected chi connectivity index (χ3v) is 1.91. The molecule has 0 radical (unpaired) electrons. The van der Waals surface area contributed by atoms with Crippen LogP contribution in [0.3, 0.4) is 0 Å². The Morgan fingerprint density at radius 2 is 1.50 bits per heavy atom. The lowest BCUT2D eigenvalue weighted by molar-refractivity contribution is -0.0454. The van der Waals surface area contributed by atoms with Crippen molar-refractivity contribution in [2.75, 3.05) is 19.8 Å². The second-order valence-corrected chi connectivity index (χ2v) is 3.59. The van der Waals surface area contributed by atoms with E-state index >= 15 is 0 Å². The molecule has 0 fully saturated rings. The molecular formula is C10H22O4. The first kappa shape index (κ1) is 13.8. The van der Waals surface area contributed by atoms with E-state index in [4.69, 9.17) is 19.7 Å². The van der Waals surface area contributed by atoms with Crippen LogP contribution in [0, 0.1) is 0 Å². The van der Waals surface area contributed by atoms with Crippen LogP contribution >= 0.6 is 0 Å². The summed E-state index contributed by atoms with van der Waals surface area (Å²) in [4.78, 5) is 0. The van der Waals surface area contributed by atoms with Crippen molar-refractivity contribution >= 4 is 0 Å². The van der Waals surface area contributed by atoms with E-state index in [1.54, 1.807) is 0 Å². The zero-order valence-corrected chi connectivity index (χ0v) is 9.27. The number of rotatable bonds is 8. The van der Waals surface area contributed by atoms with Crippen LogP contribution < -0.4 is 0 Å². The van der Waals surface area contributed by atoms with Crippen LogP contribution in [0.1, 0.15) is 27.2 Å². The van der Waals surface area contributed by atoms with Gasteiger partial charge in [-0.1, -0.05) is 0 Å². The maximum atomic E-state index is 8.75. The van der Waals surface area contributed by atoms with E-state index in [0.717, 1.165) is 6.42 Å². The highest BCUT2D eigenvalue weighted by molar-refractivity contribution is 4.55. The maximum absolute atomic E-state index is 8.75. The van der Waals surface area contributed by atoms with Gasteiger partial charge in [-0.3, -0.25) is 0 Å². The molecule has 2 N–H and O–H groups in total. The molecule has 0 aliphatic rings. The Bertz CT molecular complexity index is 129. The molecule has 86 valence electrons. The second kappa shape index (κ2) is 8.17. The van der Waals surface area contributed by atoms with Crippen LogP contribution in [0.5, 0.6) is 0 Å². The molecule has 3 atom stereocenters. The Hall–Kier alpha value is -0.160. The molecule has 4 nitrogen and oxygen atoms in total. The van der Waals surface area contributed by atoms with Gasteiger partial charge in [-0.05, 0) is 27.2 Å². The van der Waals surface area contributed by atoms with Gasteiger partial charge in [0.25, 0.3) is 0 Å². The summed E-state index contributed by atoms with van der Waals surface area (Å²) >= 11 is 0. The molecule has 0 saturated heterocycles. The van der Waals surface area contributed by atoms with Crippen molar-refractivity contribution in [3.05, 3.63) is 0 Å². The zero-order chi connectivity index (χ0) is 11.0. The fourth-order valence-electron chi connectivity index (χ4n) is 0.996. The summed E-state index contributed by atoms with van der Waals surface area (Å²) in [5.41, 5.74) is 0. The van der Waals surface area contributed by atoms with Crippen LogP contribution in [-0.2, 0) is 9.47 Å². The van der Waals surface area contributed by atoms with Gasteiger partial charge in [0.15, 0.2) is 0 Å². The number of ether oxygens (including phenoxy) is 2. The predicted octanol–water partition coefficient (Wildman–Crippen LogP) is 0.560. The standard InChI is InChI=1S/C10H22O4/c1-8(14-10(3)7-12)4-5-13-9(2)6-11/h8-12H,4-7H2,1-3H3. The summed E-state index contributed by atoms with van der Waals surface area (Å²) in [5, 5.41) is 17.4. The minimum Gasteiger partial charge on any atom is -0.394 e. The topological polar surface area (TPSA) is 58.9 Å². The Morgan fingerprint density at radius 3 is 2.00 bits per heavy atom. The Kier molecular flexibility index (Phi) is 8.08. The molecule has 0 saturated carbocycles. The van der Waals surface area contributed by atoms with Crippen molar-refractivity contribution in [2.24, 2.45) is 0 Å². The van der Waals surface area contributed by atoms with E-state index < -0.39 is 0 Å². The lowest BCUT2D eigenvalue weighted by Crippen LogP contribution is -2.23. The molecule has 0 heterocycles. The minimum atomic E-state index is -0.125. The molecule has 0 bridgehead atoms. The molecular weight excluding hydrogens is 184 g/mol. The summed E-state index contributed by atoms with van der Waals surface area (Å²) in [5.74, 6) is 0. The fraction of sp³-hybridized carbons (Fsp3) is 1.00. The lowest BCUT2D eigenvalue weighted by atomic mass is 10.3. The summed E-state index contributed by atoms with van der Waals surface area (Å²) in [6, 6.07) is 0. The molecule has 0 aliphatic carbocycles. The van der Waals surface area contributed by atoms with Crippen LogP contribution in [0.25, 0.3) is 0 Å². The van der Waals surface area contributed by atoms with Gasteiger partial charge in [0.2, 0.25) is 0 Å². The third kappa shape index (κ3) is 7.26. The molecule has 14 heavy (non-hydrogen) atoms. The average Bonchev–Trinajstić information content (AvgIpc) is 2.17. The second-order valence-electron chi connectivity index (χ2n) is 3.59. The zero-order valence-electron chi connectivity index (χ0n) is 9.27. The summed E-state index contributed by atoms with van der Waals surface area (Å²) in [6.07, 6.45) is 0.607. The molecule has 0 rings (SSSR count). The maximum Gasteiger partial charge on any atom is 0.0781 e. The summed E-state index contributed by atoms with van der Waals surface area (Å²) in [6.45, 7) is 6.25. The summed E-state index contributed by atoms with van der Waals surface area (Å²) in [7, 11) is 0. The fourth-order valence-corrected chi connectivity index (χ4v) is 0.996. The Labute approximate surface area is 85.8 Å². The van der Waals surface area contributed by atoms with E-state index in [0.29, 0.717) is 6.61 Å². The average molecular weight is 206 g/mol. The van der Waals surface area contributed by atoms with Gasteiger partial charge in [0, 0.05) is 6.61 Å². The van der Waals surface area contributed by atoms with Crippen LogP contribution in [0.2, 0.25) is 0 Å². The van der Waals surface area contributed by atoms with Gasteiger partial charge in [0.05, 0.1) is 31.5 Å². The predicted molar refractivity (Wildman–Crippen MR) is 54.2 cm³/mol. The minimum absolute atomic E-state index is 0.0399. The molecule has 0 aromatic rings. The third-order valence-electron chi connectivity index (χ3n) is 1.91. The Morgan fingerprint density at radius 1 is 0.929 bits per heavy atom. The number of aliphatic hydroxyl groups is 2. The Balaban J connectivity index is 3.39. The largest absolute Gasteiger partial charge is 0.394 e. The van der Waals surface area contributed by atoms with Crippen molar-refractivity contribution in [3.63, 3.8) is 0 Å². The first-order valence-electron chi connectivity index (χ1n) is 5.09. The molecule has 3 unspecified atom stereocenters. The van der Waals surface area contributed by atoms with Crippen LogP contribution in [-0.4, -0.2) is 48.3 Å². The molecule has 0 aromatic heterocycles. The molecule has 0 amide bonds. The number of hydrogen-bond acceptors (Lipinski definition) is 4. The first-order chi connectivity index (χ1) is 6.60. The first-order valence-corrected chi connectivity index (χ1v) is 5.09. The quantitative estimate of drug-likeness (QED) is 0.609. The highest BCUT2D eigenvalue weighted by atomic mass is 16.5. The monoisotopic (exact) mass is 206 g/mol. The van der Waals surface area contributed by atoms with Gasteiger partial charge >= 0.3 is 0 Å². The molecule has 0 aromatic carbocycles. The molecule has 0 aliphatic heterocycles. The smallest absolute Gasteiger partial charge is 0.0781 e. The highest BCUT2D eigenvalue weighted by Crippen LogP contribution is 2.03. The van der Waals surface area contributed by atoms with Crippen molar-refractivity contribution < 1.29 is 19.7 Å². The van der Waals surface area contributed by atoms with E-state index in [1.165, 1.54) is 0 Å². The van der Waals surface area contributed by atoms with E-state index in [2.05, 4.69) is 0 Å². The normalized spacial score (nSPS) is 17.8. The number of hydrogen-bond donors (Lipinski definition) is 2. The van der Waals surface area contributed by atoms with E-state index in [-0.39, 0.29) is 31.5 Å². The van der Waals surface area contributed by atoms with Crippen molar-refractivity contribution in [2.45, 2.75) is 45.5 Å². The van der Waals surface area contributed by atoms with Gasteiger partial charge in [-0.15, -0.1) is 0 Å². The van der Waals surface area contributed by atoms with Crippen LogP contribution in [0.15, 0.2) is 0 Å². The summed E-state index contributed by atoms with van der Waals surface area (Å²) < 4.78 is 10.7. The van der Waals surface area contributed by atoms with Gasteiger partial charge in [-0.2, -0.15) is 0 Å². The van der Waals surface area contributed by atoms with Gasteiger partial charge in [-0.25, -0.2) is 0 Å². The van der Waals surface area contributed by atoms with Crippen molar-refractivity contribution in [1.82, 2.24) is 0 Å². The lowest BCUT2D eigenvalue weighted by Gasteiger charge is -2.18.